The van der Waals surface area contributed by atoms with Crippen molar-refractivity contribution in [2.75, 3.05) is 16.0 Å². The van der Waals surface area contributed by atoms with E-state index >= 15 is 0 Å². The van der Waals surface area contributed by atoms with E-state index in [-0.39, 0.29) is 23.2 Å². The van der Waals surface area contributed by atoms with Gasteiger partial charge < -0.3 is 16.0 Å². The Labute approximate surface area is 170 Å². The first kappa shape index (κ1) is 20.5. The zero-order valence-electron chi connectivity index (χ0n) is 17.4. The zero-order valence-corrected chi connectivity index (χ0v) is 17.4. The molecule has 152 valence electrons. The van der Waals surface area contributed by atoms with Crippen LogP contribution in [0.15, 0.2) is 52.2 Å². The Bertz CT molecular complexity index is 1050. The largest absolute Gasteiger partial charge is 0.377 e. The fourth-order valence-corrected chi connectivity index (χ4v) is 2.73. The lowest BCUT2D eigenvalue weighted by Gasteiger charge is -2.30. The molecule has 3 N–H and O–H groups in total. The van der Waals surface area contributed by atoms with Crippen LogP contribution in [0.25, 0.3) is 0 Å². The summed E-state index contributed by atoms with van der Waals surface area (Å²) in [6.07, 6.45) is 1.60. The minimum Gasteiger partial charge on any atom is -0.377 e. The highest BCUT2D eigenvalue weighted by Crippen LogP contribution is 2.26. The number of hydrogen-bond acceptors (Lipinski definition) is 7. The molecule has 29 heavy (non-hydrogen) atoms. The topological polar surface area (TPSA) is 96.0 Å². The molecule has 0 amide bonds. The summed E-state index contributed by atoms with van der Waals surface area (Å²) in [4.78, 5) is 32.8. The number of nitrogens with zero attached hydrogens (tertiary/aromatic N) is 2. The van der Waals surface area contributed by atoms with Gasteiger partial charge in [0.15, 0.2) is 0 Å². The van der Waals surface area contributed by atoms with E-state index in [2.05, 4.69) is 46.7 Å². The molecule has 0 aliphatic heterocycles. The van der Waals surface area contributed by atoms with Gasteiger partial charge >= 0.3 is 0 Å². The van der Waals surface area contributed by atoms with Crippen LogP contribution < -0.4 is 26.8 Å². The molecule has 3 aromatic rings. The van der Waals surface area contributed by atoms with Crippen LogP contribution in [0.4, 0.5) is 23.1 Å². The molecule has 1 heterocycles. The Morgan fingerprint density at radius 3 is 2.21 bits per heavy atom. The van der Waals surface area contributed by atoms with Gasteiger partial charge in [0, 0.05) is 12.2 Å². The summed E-state index contributed by atoms with van der Waals surface area (Å²) in [6.45, 7) is 10.2. The van der Waals surface area contributed by atoms with Crippen LogP contribution in [0.3, 0.4) is 0 Å². The molecule has 0 bridgehead atoms. The van der Waals surface area contributed by atoms with Crippen molar-refractivity contribution in [2.24, 2.45) is 5.41 Å². The standard InChI is InChI=1S/C22H27N5O2/c1-13(15-9-7-6-8-10-15)24-21-23-12-11-16(27-21)26-18-17(19(28)20(18)29)25-14(2)22(3,4)5/h6-14,25H,1-5H3,(H2,23,24,26,27)/t13-,14-/m1/s1. The van der Waals surface area contributed by atoms with Gasteiger partial charge in [-0.3, -0.25) is 9.59 Å². The summed E-state index contributed by atoms with van der Waals surface area (Å²) in [6, 6.07) is 11.7. The molecule has 2 aromatic carbocycles. The molecule has 0 saturated carbocycles. The molecule has 7 heteroatoms. The number of anilines is 4. The maximum Gasteiger partial charge on any atom is 0.253 e. The average molecular weight is 393 g/mol. The molecule has 0 spiro atoms. The Hall–Kier alpha value is -3.22. The third-order valence-electron chi connectivity index (χ3n) is 5.12. The van der Waals surface area contributed by atoms with Gasteiger partial charge in [0.05, 0.1) is 6.04 Å². The van der Waals surface area contributed by atoms with Crippen molar-refractivity contribution in [3.63, 3.8) is 0 Å². The highest BCUT2D eigenvalue weighted by molar-refractivity contribution is 5.78. The quantitative estimate of drug-likeness (QED) is 0.525. The van der Waals surface area contributed by atoms with E-state index in [0.717, 1.165) is 5.56 Å². The van der Waals surface area contributed by atoms with E-state index in [4.69, 9.17) is 0 Å². The maximum absolute atomic E-state index is 12.1. The maximum atomic E-state index is 12.1. The Kier molecular flexibility index (Phi) is 5.68. The number of rotatable bonds is 7. The number of aromatic nitrogens is 2. The summed E-state index contributed by atoms with van der Waals surface area (Å²) in [7, 11) is 0. The molecule has 0 radical (unpaired) electrons. The Morgan fingerprint density at radius 1 is 0.897 bits per heavy atom. The molecular weight excluding hydrogens is 366 g/mol. The van der Waals surface area contributed by atoms with Crippen LogP contribution in [0, 0.1) is 5.41 Å². The van der Waals surface area contributed by atoms with Crippen LogP contribution in [0.5, 0.6) is 0 Å². The first-order valence-electron chi connectivity index (χ1n) is 9.68. The summed E-state index contributed by atoms with van der Waals surface area (Å²) < 4.78 is 0. The van der Waals surface area contributed by atoms with Crippen LogP contribution in [0.2, 0.25) is 0 Å². The van der Waals surface area contributed by atoms with Gasteiger partial charge in [0.2, 0.25) is 5.95 Å². The monoisotopic (exact) mass is 393 g/mol. The lowest BCUT2D eigenvalue weighted by Crippen LogP contribution is -2.41. The Balaban J connectivity index is 1.75. The van der Waals surface area contributed by atoms with E-state index in [0.29, 0.717) is 17.5 Å². The number of hydrogen-bond donors (Lipinski definition) is 3. The van der Waals surface area contributed by atoms with E-state index < -0.39 is 10.9 Å². The fraction of sp³-hybridized carbons (Fsp3) is 0.364. The van der Waals surface area contributed by atoms with Crippen molar-refractivity contribution < 1.29 is 0 Å². The molecule has 0 fully saturated rings. The third-order valence-corrected chi connectivity index (χ3v) is 5.12. The molecule has 7 nitrogen and oxygen atoms in total. The molecular formula is C22H27N5O2. The fourth-order valence-electron chi connectivity index (χ4n) is 2.73. The number of benzene rings is 1. The SMILES string of the molecule is C[C@@H](Nc1nccc(Nc2c(N[C@H](C)C(C)(C)C)c(=O)c2=O)n1)c1ccccc1. The van der Waals surface area contributed by atoms with Crippen molar-refractivity contribution in [3.8, 4) is 0 Å². The van der Waals surface area contributed by atoms with Gasteiger partial charge in [-0.05, 0) is 30.9 Å². The normalized spacial score (nSPS) is 13.7. The lowest BCUT2D eigenvalue weighted by molar-refractivity contribution is 0.359. The van der Waals surface area contributed by atoms with Crippen molar-refractivity contribution in [2.45, 2.75) is 46.7 Å². The first-order chi connectivity index (χ1) is 13.7. The van der Waals surface area contributed by atoms with Crippen molar-refractivity contribution in [1.82, 2.24) is 9.97 Å². The molecule has 0 aliphatic rings. The van der Waals surface area contributed by atoms with E-state index in [1.54, 1.807) is 12.3 Å². The van der Waals surface area contributed by atoms with Crippen molar-refractivity contribution >= 4 is 23.1 Å². The summed E-state index contributed by atoms with van der Waals surface area (Å²) >= 11 is 0. The summed E-state index contributed by atoms with van der Waals surface area (Å²) in [5, 5.41) is 9.38. The molecule has 1 aromatic heterocycles. The zero-order chi connectivity index (χ0) is 21.2. The molecule has 2 atom stereocenters. The highest BCUT2D eigenvalue weighted by Gasteiger charge is 2.27. The summed E-state index contributed by atoms with van der Waals surface area (Å²) in [5.41, 5.74) is 0.555. The Morgan fingerprint density at radius 2 is 1.55 bits per heavy atom. The van der Waals surface area contributed by atoms with Gasteiger partial charge in [0.1, 0.15) is 17.2 Å². The third kappa shape index (κ3) is 4.62. The second-order valence-electron chi connectivity index (χ2n) is 8.31. The molecule has 0 saturated heterocycles. The smallest absolute Gasteiger partial charge is 0.253 e. The predicted octanol–water partition coefficient (Wildman–Crippen LogP) is 3.84. The number of nitrogens with one attached hydrogen (secondary N) is 3. The van der Waals surface area contributed by atoms with Crippen LogP contribution >= 0.6 is 0 Å². The highest BCUT2D eigenvalue weighted by atomic mass is 16.2. The van der Waals surface area contributed by atoms with Crippen LogP contribution in [0.1, 0.15) is 46.2 Å². The van der Waals surface area contributed by atoms with Gasteiger partial charge in [-0.1, -0.05) is 51.1 Å². The van der Waals surface area contributed by atoms with Gasteiger partial charge in [-0.15, -0.1) is 0 Å². The average Bonchev–Trinajstić information content (AvgIpc) is 2.70. The minimum atomic E-state index is -0.542. The van der Waals surface area contributed by atoms with E-state index in [9.17, 15) is 9.59 Å². The second-order valence-corrected chi connectivity index (χ2v) is 8.31. The summed E-state index contributed by atoms with van der Waals surface area (Å²) in [5.74, 6) is 0.879. The van der Waals surface area contributed by atoms with Gasteiger partial charge in [0.25, 0.3) is 10.9 Å². The van der Waals surface area contributed by atoms with Gasteiger partial charge in [-0.2, -0.15) is 4.98 Å². The predicted molar refractivity (Wildman–Crippen MR) is 118 cm³/mol. The molecule has 0 unspecified atom stereocenters. The van der Waals surface area contributed by atoms with Crippen molar-refractivity contribution in [3.05, 3.63) is 68.6 Å². The van der Waals surface area contributed by atoms with E-state index in [1.807, 2.05) is 44.2 Å². The van der Waals surface area contributed by atoms with Crippen molar-refractivity contribution in [1.29, 1.82) is 0 Å². The second kappa shape index (κ2) is 8.03. The van der Waals surface area contributed by atoms with Gasteiger partial charge in [-0.25, -0.2) is 4.98 Å². The molecule has 3 rings (SSSR count). The lowest BCUT2D eigenvalue weighted by atomic mass is 9.87. The first-order valence-corrected chi connectivity index (χ1v) is 9.68. The van der Waals surface area contributed by atoms with Crippen LogP contribution in [-0.4, -0.2) is 16.0 Å². The molecule has 0 aliphatic carbocycles. The van der Waals surface area contributed by atoms with E-state index in [1.165, 1.54) is 0 Å². The minimum absolute atomic E-state index is 0.0145. The van der Waals surface area contributed by atoms with Crippen LogP contribution in [-0.2, 0) is 0 Å².